The van der Waals surface area contributed by atoms with Gasteiger partial charge in [0.2, 0.25) is 5.91 Å². The first kappa shape index (κ1) is 15.5. The first-order valence-electron chi connectivity index (χ1n) is 8.12. The van der Waals surface area contributed by atoms with Crippen molar-refractivity contribution in [2.45, 2.75) is 31.7 Å². The summed E-state index contributed by atoms with van der Waals surface area (Å²) in [7, 11) is 1.68. The van der Waals surface area contributed by atoms with Gasteiger partial charge in [-0.15, -0.1) is 0 Å². The number of benzene rings is 1. The molecular weight excluding hydrogens is 288 g/mol. The van der Waals surface area contributed by atoms with Crippen LogP contribution in [0.2, 0.25) is 0 Å². The maximum absolute atomic E-state index is 12.7. The monoisotopic (exact) mass is 310 g/mol. The molecule has 23 heavy (non-hydrogen) atoms. The van der Waals surface area contributed by atoms with Crippen molar-refractivity contribution in [1.82, 2.24) is 9.88 Å². The number of carbonyl (C=O) groups is 1. The third-order valence-electron chi connectivity index (χ3n) is 4.39. The lowest BCUT2D eigenvalue weighted by molar-refractivity contribution is -0.132. The van der Waals surface area contributed by atoms with Crippen molar-refractivity contribution >= 4 is 5.91 Å². The Kier molecular flexibility index (Phi) is 4.91. The van der Waals surface area contributed by atoms with Gasteiger partial charge in [0.15, 0.2) is 0 Å². The van der Waals surface area contributed by atoms with Crippen LogP contribution in [-0.4, -0.2) is 29.4 Å². The molecule has 3 rings (SSSR count). The third kappa shape index (κ3) is 3.52. The maximum atomic E-state index is 12.7. The fourth-order valence-electron chi connectivity index (χ4n) is 3.25. The topological polar surface area (TPSA) is 42.4 Å². The number of hydrogen-bond donors (Lipinski definition) is 0. The van der Waals surface area contributed by atoms with Crippen molar-refractivity contribution in [2.75, 3.05) is 13.7 Å². The number of para-hydroxylation sites is 1. The molecule has 1 fully saturated rings. The average molecular weight is 310 g/mol. The number of carbonyl (C=O) groups excluding carboxylic acids is 1. The Morgan fingerprint density at radius 1 is 1.26 bits per heavy atom. The number of amides is 1. The van der Waals surface area contributed by atoms with Gasteiger partial charge in [0.25, 0.3) is 0 Å². The Balaban J connectivity index is 1.70. The Labute approximate surface area is 137 Å². The summed E-state index contributed by atoms with van der Waals surface area (Å²) >= 11 is 0. The summed E-state index contributed by atoms with van der Waals surface area (Å²) in [5.74, 6) is 1.06. The Hall–Kier alpha value is -2.36. The van der Waals surface area contributed by atoms with Crippen LogP contribution in [0, 0.1) is 0 Å². The van der Waals surface area contributed by atoms with Crippen molar-refractivity contribution in [2.24, 2.45) is 0 Å². The Bertz CT molecular complexity index is 657. The molecule has 0 aliphatic carbocycles. The quantitative estimate of drug-likeness (QED) is 0.850. The second-order valence-electron chi connectivity index (χ2n) is 5.81. The first-order chi connectivity index (χ1) is 11.3. The van der Waals surface area contributed by atoms with Crippen molar-refractivity contribution < 1.29 is 9.53 Å². The SMILES string of the molecule is COc1ccccc1[C@@H]1CCCN1C(=O)CCc1ccccn1. The number of hydrogen-bond acceptors (Lipinski definition) is 3. The maximum Gasteiger partial charge on any atom is 0.223 e. The molecule has 1 saturated heterocycles. The molecule has 1 amide bonds. The minimum Gasteiger partial charge on any atom is -0.496 e. The van der Waals surface area contributed by atoms with Crippen LogP contribution in [0.4, 0.5) is 0 Å². The summed E-state index contributed by atoms with van der Waals surface area (Å²) < 4.78 is 5.47. The van der Waals surface area contributed by atoms with Crippen molar-refractivity contribution in [3.8, 4) is 5.75 Å². The zero-order valence-electron chi connectivity index (χ0n) is 13.4. The van der Waals surface area contributed by atoms with Gasteiger partial charge in [-0.25, -0.2) is 0 Å². The van der Waals surface area contributed by atoms with Crippen LogP contribution >= 0.6 is 0 Å². The van der Waals surface area contributed by atoms with E-state index in [0.717, 1.165) is 36.4 Å². The van der Waals surface area contributed by atoms with Crippen LogP contribution in [0.5, 0.6) is 5.75 Å². The van der Waals surface area contributed by atoms with E-state index in [2.05, 4.69) is 11.1 Å². The molecule has 0 spiro atoms. The zero-order chi connectivity index (χ0) is 16.1. The fourth-order valence-corrected chi connectivity index (χ4v) is 3.25. The molecular formula is C19H22N2O2. The highest BCUT2D eigenvalue weighted by Gasteiger charge is 2.31. The normalized spacial score (nSPS) is 17.3. The predicted octanol–water partition coefficient (Wildman–Crippen LogP) is 3.39. The number of nitrogens with zero attached hydrogens (tertiary/aromatic N) is 2. The molecule has 1 atom stereocenters. The molecule has 4 heteroatoms. The zero-order valence-corrected chi connectivity index (χ0v) is 13.4. The van der Waals surface area contributed by atoms with E-state index >= 15 is 0 Å². The summed E-state index contributed by atoms with van der Waals surface area (Å²) in [5, 5.41) is 0. The van der Waals surface area contributed by atoms with Gasteiger partial charge in [-0.05, 0) is 37.5 Å². The smallest absolute Gasteiger partial charge is 0.223 e. The summed E-state index contributed by atoms with van der Waals surface area (Å²) in [6.45, 7) is 0.823. The highest BCUT2D eigenvalue weighted by Crippen LogP contribution is 2.37. The summed E-state index contributed by atoms with van der Waals surface area (Å²) in [5.41, 5.74) is 2.08. The Morgan fingerprint density at radius 2 is 2.09 bits per heavy atom. The van der Waals surface area contributed by atoms with E-state index in [4.69, 9.17) is 4.74 Å². The largest absolute Gasteiger partial charge is 0.496 e. The van der Waals surface area contributed by atoms with Gasteiger partial charge in [0.1, 0.15) is 5.75 Å². The van der Waals surface area contributed by atoms with Crippen LogP contribution in [-0.2, 0) is 11.2 Å². The lowest BCUT2D eigenvalue weighted by Gasteiger charge is -2.26. The minimum atomic E-state index is 0.127. The predicted molar refractivity (Wildman–Crippen MR) is 89.2 cm³/mol. The molecule has 1 aliphatic rings. The number of aryl methyl sites for hydroxylation is 1. The number of ether oxygens (including phenoxy) is 1. The lowest BCUT2D eigenvalue weighted by atomic mass is 10.0. The average Bonchev–Trinajstić information content (AvgIpc) is 3.10. The van der Waals surface area contributed by atoms with Gasteiger partial charge in [0.05, 0.1) is 13.2 Å². The van der Waals surface area contributed by atoms with Crippen LogP contribution in [0.25, 0.3) is 0 Å². The standard InChI is InChI=1S/C19H22N2O2/c1-23-18-10-3-2-8-16(18)17-9-6-14-21(17)19(22)12-11-15-7-4-5-13-20-15/h2-5,7-8,10,13,17H,6,9,11-12,14H2,1H3/t17-/m0/s1. The minimum absolute atomic E-state index is 0.127. The van der Waals surface area contributed by atoms with Gasteiger partial charge < -0.3 is 9.64 Å². The molecule has 0 saturated carbocycles. The van der Waals surface area contributed by atoms with Crippen LogP contribution in [0.3, 0.4) is 0 Å². The molecule has 2 aromatic rings. The van der Waals surface area contributed by atoms with Crippen molar-refractivity contribution in [1.29, 1.82) is 0 Å². The van der Waals surface area contributed by atoms with E-state index in [1.165, 1.54) is 0 Å². The second kappa shape index (κ2) is 7.27. The molecule has 2 heterocycles. The molecule has 120 valence electrons. The van der Waals surface area contributed by atoms with E-state index < -0.39 is 0 Å². The van der Waals surface area contributed by atoms with E-state index in [9.17, 15) is 4.79 Å². The molecule has 0 unspecified atom stereocenters. The van der Waals surface area contributed by atoms with Gasteiger partial charge >= 0.3 is 0 Å². The van der Waals surface area contributed by atoms with Gasteiger partial charge in [-0.1, -0.05) is 24.3 Å². The summed E-state index contributed by atoms with van der Waals surface area (Å²) in [6.07, 6.45) is 5.00. The highest BCUT2D eigenvalue weighted by molar-refractivity contribution is 5.77. The summed E-state index contributed by atoms with van der Waals surface area (Å²) in [4.78, 5) is 19.0. The van der Waals surface area contributed by atoms with Gasteiger partial charge in [-0.3, -0.25) is 9.78 Å². The first-order valence-corrected chi connectivity index (χ1v) is 8.12. The number of rotatable bonds is 5. The number of pyridine rings is 1. The Morgan fingerprint density at radius 3 is 2.87 bits per heavy atom. The van der Waals surface area contributed by atoms with Crippen LogP contribution in [0.15, 0.2) is 48.7 Å². The molecule has 0 radical (unpaired) electrons. The molecule has 0 N–H and O–H groups in total. The van der Waals surface area contributed by atoms with Gasteiger partial charge in [-0.2, -0.15) is 0 Å². The van der Waals surface area contributed by atoms with Crippen LogP contribution in [0.1, 0.15) is 36.6 Å². The van der Waals surface area contributed by atoms with Crippen molar-refractivity contribution in [3.63, 3.8) is 0 Å². The number of aromatic nitrogens is 1. The second-order valence-corrected chi connectivity index (χ2v) is 5.81. The van der Waals surface area contributed by atoms with Crippen molar-refractivity contribution in [3.05, 3.63) is 59.9 Å². The molecule has 1 aromatic carbocycles. The van der Waals surface area contributed by atoms with E-state index in [0.29, 0.717) is 12.8 Å². The van der Waals surface area contributed by atoms with E-state index in [1.807, 2.05) is 41.3 Å². The highest BCUT2D eigenvalue weighted by atomic mass is 16.5. The third-order valence-corrected chi connectivity index (χ3v) is 4.39. The number of methoxy groups -OCH3 is 1. The molecule has 1 aromatic heterocycles. The lowest BCUT2D eigenvalue weighted by Crippen LogP contribution is -2.31. The molecule has 1 aliphatic heterocycles. The molecule has 0 bridgehead atoms. The summed E-state index contributed by atoms with van der Waals surface area (Å²) in [6, 6.07) is 13.9. The van der Waals surface area contributed by atoms with Crippen LogP contribution < -0.4 is 4.74 Å². The fraction of sp³-hybridized carbons (Fsp3) is 0.368. The number of likely N-dealkylation sites (tertiary alicyclic amines) is 1. The van der Waals surface area contributed by atoms with Gasteiger partial charge in [0, 0.05) is 30.4 Å². The van der Waals surface area contributed by atoms with E-state index in [-0.39, 0.29) is 11.9 Å². The molecule has 4 nitrogen and oxygen atoms in total. The van der Waals surface area contributed by atoms with E-state index in [1.54, 1.807) is 13.3 Å².